The number of aliphatic hydroxyl groups excluding tert-OH is 1. The Labute approximate surface area is 243 Å². The van der Waals surface area contributed by atoms with Crippen molar-refractivity contribution in [2.75, 3.05) is 0 Å². The van der Waals surface area contributed by atoms with Crippen LogP contribution in [0.5, 0.6) is 0 Å². The first-order chi connectivity index (χ1) is 18.6. The predicted octanol–water partition coefficient (Wildman–Crippen LogP) is 11.0. The minimum absolute atomic E-state index is 0.0906. The number of aliphatic hydroxyl groups is 1. The molecule has 0 amide bonds. The largest absolute Gasteiger partial charge is 0.388 e. The molecular weight excluding hydrogens is 484 g/mol. The molecule has 0 saturated carbocycles. The number of rotatable bonds is 5. The van der Waals surface area contributed by atoms with Gasteiger partial charge in [-0.1, -0.05) is 142 Å². The van der Waals surface area contributed by atoms with Crippen LogP contribution in [-0.4, -0.2) is 5.11 Å². The third-order valence-corrected chi connectivity index (χ3v) is 8.12. The van der Waals surface area contributed by atoms with Gasteiger partial charge < -0.3 is 5.11 Å². The normalized spacial score (nSPS) is 13.4. The molecule has 0 heterocycles. The predicted molar refractivity (Wildman–Crippen MR) is 174 cm³/mol. The molecule has 0 bridgehead atoms. The van der Waals surface area contributed by atoms with Crippen molar-refractivity contribution < 1.29 is 5.11 Å². The Bertz CT molecular complexity index is 1430. The van der Waals surface area contributed by atoms with Gasteiger partial charge in [0.25, 0.3) is 0 Å². The van der Waals surface area contributed by atoms with Crippen LogP contribution in [0.4, 0.5) is 0 Å². The maximum Gasteiger partial charge on any atom is 0.0793 e. The molecule has 0 fully saturated rings. The van der Waals surface area contributed by atoms with E-state index in [2.05, 4.69) is 147 Å². The van der Waals surface area contributed by atoms with Gasteiger partial charge in [-0.25, -0.2) is 0 Å². The summed E-state index contributed by atoms with van der Waals surface area (Å²) in [7, 11) is 0. The van der Waals surface area contributed by atoms with Crippen molar-refractivity contribution in [1.82, 2.24) is 0 Å². The fourth-order valence-corrected chi connectivity index (χ4v) is 5.29. The van der Waals surface area contributed by atoms with E-state index in [9.17, 15) is 5.11 Å². The summed E-state index contributed by atoms with van der Waals surface area (Å²) in [5, 5.41) is 11.3. The lowest BCUT2D eigenvalue weighted by Crippen LogP contribution is -2.11. The average Bonchev–Trinajstić information content (AvgIpc) is 2.90. The molecule has 0 saturated heterocycles. The van der Waals surface area contributed by atoms with Gasteiger partial charge in [0, 0.05) is 0 Å². The van der Waals surface area contributed by atoms with Crippen LogP contribution < -0.4 is 0 Å². The first-order valence-corrected chi connectivity index (χ1v) is 14.8. The summed E-state index contributed by atoms with van der Waals surface area (Å²) < 4.78 is 0. The highest BCUT2D eigenvalue weighted by molar-refractivity contribution is 5.89. The lowest BCUT2D eigenvalue weighted by atomic mass is 9.82. The molecule has 4 rings (SSSR count). The SMILES string of the molecule is CC[C@H](O)c1cc(-c2ccc(C(C)(C)C)cc2)c(-c2ccc(C(C)(C)C)cc2)cc1-c1ccc(C(C)(C)C)cc1. The Morgan fingerprint density at radius 2 is 0.775 bits per heavy atom. The molecule has 1 N–H and O–H groups in total. The van der Waals surface area contributed by atoms with Gasteiger partial charge in [0.1, 0.15) is 0 Å². The van der Waals surface area contributed by atoms with E-state index in [1.807, 2.05) is 6.92 Å². The van der Waals surface area contributed by atoms with E-state index >= 15 is 0 Å². The van der Waals surface area contributed by atoms with Crippen molar-refractivity contribution in [2.45, 2.75) is 98.0 Å². The van der Waals surface area contributed by atoms with Crippen molar-refractivity contribution >= 4 is 0 Å². The van der Waals surface area contributed by atoms with E-state index in [1.165, 1.54) is 33.4 Å². The Kier molecular flexibility index (Phi) is 8.21. The van der Waals surface area contributed by atoms with E-state index in [-0.39, 0.29) is 16.2 Å². The zero-order valence-corrected chi connectivity index (χ0v) is 26.3. The summed E-state index contributed by atoms with van der Waals surface area (Å²) in [6, 6.07) is 31.4. The first-order valence-electron chi connectivity index (χ1n) is 14.8. The van der Waals surface area contributed by atoms with Crippen LogP contribution in [0, 0.1) is 0 Å². The van der Waals surface area contributed by atoms with E-state index < -0.39 is 6.10 Å². The average molecular weight is 533 g/mol. The second-order valence-electron chi connectivity index (χ2n) is 14.4. The lowest BCUT2D eigenvalue weighted by molar-refractivity contribution is 0.174. The highest BCUT2D eigenvalue weighted by Crippen LogP contribution is 2.42. The lowest BCUT2D eigenvalue weighted by Gasteiger charge is -2.23. The second kappa shape index (κ2) is 11.0. The number of hydrogen-bond donors (Lipinski definition) is 1. The van der Waals surface area contributed by atoms with Crippen LogP contribution in [0.2, 0.25) is 0 Å². The zero-order valence-electron chi connectivity index (χ0n) is 26.3. The van der Waals surface area contributed by atoms with E-state index in [1.54, 1.807) is 0 Å². The molecule has 40 heavy (non-hydrogen) atoms. The van der Waals surface area contributed by atoms with Crippen LogP contribution >= 0.6 is 0 Å². The summed E-state index contributed by atoms with van der Waals surface area (Å²) in [5.41, 5.74) is 12.1. The first kappa shape index (κ1) is 29.8. The maximum absolute atomic E-state index is 11.3. The molecule has 0 aliphatic carbocycles. The number of benzene rings is 4. The summed E-state index contributed by atoms with van der Waals surface area (Å²) in [6.07, 6.45) is 0.122. The molecule has 0 unspecified atom stereocenters. The highest BCUT2D eigenvalue weighted by atomic mass is 16.3. The van der Waals surface area contributed by atoms with Crippen LogP contribution in [0.15, 0.2) is 84.9 Å². The van der Waals surface area contributed by atoms with Crippen molar-refractivity contribution in [3.05, 3.63) is 107 Å². The molecule has 210 valence electrons. The fourth-order valence-electron chi connectivity index (χ4n) is 5.29. The molecule has 0 radical (unpaired) electrons. The smallest absolute Gasteiger partial charge is 0.0793 e. The van der Waals surface area contributed by atoms with Gasteiger partial charge >= 0.3 is 0 Å². The summed E-state index contributed by atoms with van der Waals surface area (Å²) >= 11 is 0. The Morgan fingerprint density at radius 3 is 1.07 bits per heavy atom. The van der Waals surface area contributed by atoms with Gasteiger partial charge in [-0.15, -0.1) is 0 Å². The van der Waals surface area contributed by atoms with Crippen LogP contribution in [0.3, 0.4) is 0 Å². The summed E-state index contributed by atoms with van der Waals surface area (Å²) in [4.78, 5) is 0. The molecule has 0 spiro atoms. The second-order valence-corrected chi connectivity index (χ2v) is 14.4. The van der Waals surface area contributed by atoms with Crippen LogP contribution in [0.1, 0.15) is 104 Å². The Hall–Kier alpha value is -3.16. The minimum Gasteiger partial charge on any atom is -0.388 e. The highest BCUT2D eigenvalue weighted by Gasteiger charge is 2.21. The van der Waals surface area contributed by atoms with Crippen molar-refractivity contribution in [3.8, 4) is 33.4 Å². The van der Waals surface area contributed by atoms with Gasteiger partial charge in [-0.3, -0.25) is 0 Å². The molecular formula is C39H48O. The van der Waals surface area contributed by atoms with Crippen LogP contribution in [0.25, 0.3) is 33.4 Å². The Morgan fingerprint density at radius 1 is 0.475 bits per heavy atom. The van der Waals surface area contributed by atoms with Gasteiger partial charge in [0.05, 0.1) is 6.10 Å². The standard InChI is InChI=1S/C39H48O/c1-11-36(40)35-25-33(27-14-20-30(21-15-27)38(5,6)7)32(26-12-18-29(19-13-26)37(2,3)4)24-34(35)28-16-22-31(23-17-28)39(8,9)10/h12-25,36,40H,11H2,1-10H3/t36-/m0/s1. The molecule has 0 aliphatic rings. The molecule has 1 heteroatoms. The number of hydrogen-bond acceptors (Lipinski definition) is 1. The topological polar surface area (TPSA) is 20.2 Å². The minimum atomic E-state index is -0.540. The quantitative estimate of drug-likeness (QED) is 0.271. The monoisotopic (exact) mass is 532 g/mol. The molecule has 0 aliphatic heterocycles. The molecule has 1 atom stereocenters. The van der Waals surface area contributed by atoms with Crippen molar-refractivity contribution in [3.63, 3.8) is 0 Å². The molecule has 4 aromatic rings. The van der Waals surface area contributed by atoms with Gasteiger partial charge in [0.15, 0.2) is 0 Å². The summed E-state index contributed by atoms with van der Waals surface area (Å²) in [5.74, 6) is 0. The van der Waals surface area contributed by atoms with E-state index in [0.717, 1.165) is 22.3 Å². The zero-order chi connectivity index (χ0) is 29.5. The van der Waals surface area contributed by atoms with Crippen molar-refractivity contribution in [1.29, 1.82) is 0 Å². The third-order valence-electron chi connectivity index (χ3n) is 8.12. The summed E-state index contributed by atoms with van der Waals surface area (Å²) in [6.45, 7) is 22.3. The third kappa shape index (κ3) is 6.42. The van der Waals surface area contributed by atoms with Gasteiger partial charge in [0.2, 0.25) is 0 Å². The van der Waals surface area contributed by atoms with Crippen LogP contribution in [-0.2, 0) is 16.2 Å². The fraction of sp³-hybridized carbons (Fsp3) is 0.385. The molecule has 1 nitrogen and oxygen atoms in total. The Balaban J connectivity index is 1.97. The van der Waals surface area contributed by atoms with E-state index in [4.69, 9.17) is 0 Å². The maximum atomic E-state index is 11.3. The van der Waals surface area contributed by atoms with Gasteiger partial charge in [-0.05, 0) is 90.4 Å². The van der Waals surface area contributed by atoms with E-state index in [0.29, 0.717) is 6.42 Å². The molecule has 4 aromatic carbocycles. The molecule has 0 aromatic heterocycles. The van der Waals surface area contributed by atoms with Crippen molar-refractivity contribution in [2.24, 2.45) is 0 Å². The van der Waals surface area contributed by atoms with Gasteiger partial charge in [-0.2, -0.15) is 0 Å².